The smallest absolute Gasteiger partial charge is 0.0406 e. The lowest BCUT2D eigenvalue weighted by atomic mass is 9.81. The Labute approximate surface area is 109 Å². The second kappa shape index (κ2) is 5.88. The van der Waals surface area contributed by atoms with E-state index in [1.807, 2.05) is 12.1 Å². The van der Waals surface area contributed by atoms with Gasteiger partial charge < -0.3 is 5.73 Å². The summed E-state index contributed by atoms with van der Waals surface area (Å²) < 4.78 is 0. The van der Waals surface area contributed by atoms with Crippen LogP contribution in [0.15, 0.2) is 24.3 Å². The maximum atomic E-state index is 6.17. The molecule has 2 N–H and O–H groups in total. The fourth-order valence-corrected chi connectivity index (χ4v) is 3.19. The monoisotopic (exact) mass is 251 g/mol. The zero-order chi connectivity index (χ0) is 12.3. The van der Waals surface area contributed by atoms with Crippen LogP contribution >= 0.6 is 11.6 Å². The van der Waals surface area contributed by atoms with Gasteiger partial charge in [0.1, 0.15) is 0 Å². The normalized spacial score (nSPS) is 20.4. The van der Waals surface area contributed by atoms with Crippen LogP contribution in [-0.2, 0) is 6.42 Å². The first-order chi connectivity index (χ1) is 8.16. The molecule has 1 aliphatic carbocycles. The van der Waals surface area contributed by atoms with E-state index in [9.17, 15) is 0 Å². The highest BCUT2D eigenvalue weighted by molar-refractivity contribution is 6.30. The van der Waals surface area contributed by atoms with Crippen molar-refractivity contribution in [2.24, 2.45) is 17.6 Å². The van der Waals surface area contributed by atoms with Gasteiger partial charge in [0.2, 0.25) is 0 Å². The molecule has 0 aromatic heterocycles. The first-order valence-corrected chi connectivity index (χ1v) is 7.04. The Morgan fingerprint density at radius 1 is 1.24 bits per heavy atom. The lowest BCUT2D eigenvalue weighted by Crippen LogP contribution is -2.33. The Kier molecular flexibility index (Phi) is 4.47. The molecule has 0 aliphatic heterocycles. The highest BCUT2D eigenvalue weighted by Gasteiger charge is 2.27. The van der Waals surface area contributed by atoms with E-state index in [0.29, 0.717) is 5.92 Å². The van der Waals surface area contributed by atoms with Gasteiger partial charge in [-0.2, -0.15) is 0 Å². The minimum atomic E-state index is 0.286. The molecule has 1 fully saturated rings. The molecule has 0 spiro atoms. The van der Waals surface area contributed by atoms with E-state index < -0.39 is 0 Å². The number of benzene rings is 1. The van der Waals surface area contributed by atoms with Crippen molar-refractivity contribution in [2.45, 2.75) is 45.1 Å². The summed E-state index contributed by atoms with van der Waals surface area (Å²) in [4.78, 5) is 0. The molecule has 0 radical (unpaired) electrons. The molecule has 1 saturated carbocycles. The highest BCUT2D eigenvalue weighted by atomic mass is 35.5. The molecule has 2 heteroatoms. The first kappa shape index (κ1) is 12.9. The number of rotatable bonds is 4. The molecular weight excluding hydrogens is 230 g/mol. The summed E-state index contributed by atoms with van der Waals surface area (Å²) in [5.41, 5.74) is 7.53. The molecule has 17 heavy (non-hydrogen) atoms. The third-order valence-electron chi connectivity index (χ3n) is 4.07. The third-order valence-corrected chi connectivity index (χ3v) is 4.32. The molecule has 1 aliphatic rings. The molecule has 1 aromatic carbocycles. The van der Waals surface area contributed by atoms with Crippen LogP contribution in [0.4, 0.5) is 0 Å². The molecule has 2 rings (SSSR count). The summed E-state index contributed by atoms with van der Waals surface area (Å²) in [6.07, 6.45) is 6.59. The van der Waals surface area contributed by atoms with Gasteiger partial charge >= 0.3 is 0 Å². The lowest BCUT2D eigenvalue weighted by Gasteiger charge is -2.27. The average molecular weight is 252 g/mol. The topological polar surface area (TPSA) is 26.0 Å². The largest absolute Gasteiger partial charge is 0.328 e. The molecule has 0 saturated heterocycles. The van der Waals surface area contributed by atoms with Gasteiger partial charge in [-0.25, -0.2) is 0 Å². The SMILES string of the molecule is CC(N)C(Cc1ccc(Cl)cc1)C1CCCC1. The summed E-state index contributed by atoms with van der Waals surface area (Å²) >= 11 is 5.91. The summed E-state index contributed by atoms with van der Waals surface area (Å²) in [6.45, 7) is 2.15. The first-order valence-electron chi connectivity index (χ1n) is 6.67. The van der Waals surface area contributed by atoms with Crippen molar-refractivity contribution in [1.29, 1.82) is 0 Å². The second-order valence-electron chi connectivity index (χ2n) is 5.40. The van der Waals surface area contributed by atoms with Gasteiger partial charge in [0, 0.05) is 11.1 Å². The highest BCUT2D eigenvalue weighted by Crippen LogP contribution is 2.34. The molecule has 0 bridgehead atoms. The van der Waals surface area contributed by atoms with Gasteiger partial charge in [-0.05, 0) is 42.9 Å². The van der Waals surface area contributed by atoms with E-state index in [1.165, 1.54) is 31.2 Å². The van der Waals surface area contributed by atoms with Gasteiger partial charge in [-0.15, -0.1) is 0 Å². The van der Waals surface area contributed by atoms with Crippen molar-refractivity contribution >= 4 is 11.6 Å². The standard InChI is InChI=1S/C15H22ClN/c1-11(17)15(13-4-2-3-5-13)10-12-6-8-14(16)9-7-12/h6-9,11,13,15H,2-5,10,17H2,1H3. The molecule has 0 heterocycles. The molecular formula is C15H22ClN. The Bertz CT molecular complexity index is 338. The minimum absolute atomic E-state index is 0.286. The van der Waals surface area contributed by atoms with E-state index in [1.54, 1.807) is 0 Å². The number of hydrogen-bond donors (Lipinski definition) is 1. The lowest BCUT2D eigenvalue weighted by molar-refractivity contribution is 0.293. The Morgan fingerprint density at radius 2 is 1.82 bits per heavy atom. The van der Waals surface area contributed by atoms with E-state index in [2.05, 4.69) is 19.1 Å². The Hall–Kier alpha value is -0.530. The van der Waals surface area contributed by atoms with E-state index in [4.69, 9.17) is 17.3 Å². The fourth-order valence-electron chi connectivity index (χ4n) is 3.06. The van der Waals surface area contributed by atoms with Crippen molar-refractivity contribution in [2.75, 3.05) is 0 Å². The van der Waals surface area contributed by atoms with Gasteiger partial charge in [-0.1, -0.05) is 49.4 Å². The van der Waals surface area contributed by atoms with Crippen LogP contribution in [0.3, 0.4) is 0 Å². The average Bonchev–Trinajstić information content (AvgIpc) is 2.81. The minimum Gasteiger partial charge on any atom is -0.328 e. The van der Waals surface area contributed by atoms with Crippen LogP contribution in [-0.4, -0.2) is 6.04 Å². The van der Waals surface area contributed by atoms with Crippen molar-refractivity contribution < 1.29 is 0 Å². The molecule has 2 unspecified atom stereocenters. The fraction of sp³-hybridized carbons (Fsp3) is 0.600. The van der Waals surface area contributed by atoms with Crippen LogP contribution < -0.4 is 5.73 Å². The van der Waals surface area contributed by atoms with Crippen molar-refractivity contribution in [3.63, 3.8) is 0 Å². The molecule has 1 aromatic rings. The van der Waals surface area contributed by atoms with Crippen LogP contribution in [0.5, 0.6) is 0 Å². The Morgan fingerprint density at radius 3 is 2.35 bits per heavy atom. The van der Waals surface area contributed by atoms with Crippen molar-refractivity contribution in [1.82, 2.24) is 0 Å². The summed E-state index contributed by atoms with van der Waals surface area (Å²) in [5.74, 6) is 1.45. The number of nitrogens with two attached hydrogens (primary N) is 1. The quantitative estimate of drug-likeness (QED) is 0.859. The molecule has 2 atom stereocenters. The summed E-state index contributed by atoms with van der Waals surface area (Å²) in [6, 6.07) is 8.50. The Balaban J connectivity index is 2.04. The zero-order valence-electron chi connectivity index (χ0n) is 10.5. The summed E-state index contributed by atoms with van der Waals surface area (Å²) in [7, 11) is 0. The number of hydrogen-bond acceptors (Lipinski definition) is 1. The third kappa shape index (κ3) is 3.46. The van der Waals surface area contributed by atoms with Crippen LogP contribution in [0, 0.1) is 11.8 Å². The number of halogens is 1. The van der Waals surface area contributed by atoms with E-state index in [0.717, 1.165) is 17.4 Å². The van der Waals surface area contributed by atoms with E-state index >= 15 is 0 Å². The molecule has 0 amide bonds. The second-order valence-corrected chi connectivity index (χ2v) is 5.83. The van der Waals surface area contributed by atoms with Crippen LogP contribution in [0.25, 0.3) is 0 Å². The molecule has 1 nitrogen and oxygen atoms in total. The van der Waals surface area contributed by atoms with E-state index in [-0.39, 0.29) is 6.04 Å². The van der Waals surface area contributed by atoms with Gasteiger partial charge in [0.25, 0.3) is 0 Å². The predicted molar refractivity (Wildman–Crippen MR) is 74.3 cm³/mol. The van der Waals surface area contributed by atoms with Crippen molar-refractivity contribution in [3.05, 3.63) is 34.9 Å². The maximum absolute atomic E-state index is 6.17. The zero-order valence-corrected chi connectivity index (χ0v) is 11.3. The predicted octanol–water partition coefficient (Wildman–Crippen LogP) is 4.04. The van der Waals surface area contributed by atoms with Crippen LogP contribution in [0.2, 0.25) is 5.02 Å². The van der Waals surface area contributed by atoms with Crippen LogP contribution in [0.1, 0.15) is 38.2 Å². The van der Waals surface area contributed by atoms with Gasteiger partial charge in [0.15, 0.2) is 0 Å². The van der Waals surface area contributed by atoms with Crippen molar-refractivity contribution in [3.8, 4) is 0 Å². The maximum Gasteiger partial charge on any atom is 0.0406 e. The van der Waals surface area contributed by atoms with Gasteiger partial charge in [-0.3, -0.25) is 0 Å². The molecule has 94 valence electrons. The van der Waals surface area contributed by atoms with Gasteiger partial charge in [0.05, 0.1) is 0 Å². The summed E-state index contributed by atoms with van der Waals surface area (Å²) in [5, 5.41) is 0.812.